The Balaban J connectivity index is 2.12. The summed E-state index contributed by atoms with van der Waals surface area (Å²) in [5.74, 6) is 0.101. The highest BCUT2D eigenvalue weighted by atomic mass is 35.5. The number of rotatable bonds is 3. The van der Waals surface area contributed by atoms with Gasteiger partial charge in [0.05, 0.1) is 0 Å². The minimum Gasteiger partial charge on any atom is -0.337 e. The Labute approximate surface area is 126 Å². The highest BCUT2D eigenvalue weighted by molar-refractivity contribution is 6.31. The molecule has 3 rings (SSSR count). The van der Waals surface area contributed by atoms with E-state index in [9.17, 15) is 4.79 Å². The number of carbonyl (C=O) groups excluding carboxylic acids is 1. The van der Waals surface area contributed by atoms with Crippen LogP contribution in [0.15, 0.2) is 24.5 Å². The summed E-state index contributed by atoms with van der Waals surface area (Å²) in [5.41, 5.74) is 2.49. The summed E-state index contributed by atoms with van der Waals surface area (Å²) in [7, 11) is 0. The SMILES string of the molecule is CCn1c(C(=O)Nc2ncn[nH]2)c(C)c2cc(Cl)ccc21. The zero-order chi connectivity index (χ0) is 15.0. The standard InChI is InChI=1S/C14H14ClN5O/c1-3-20-11-5-4-9(15)6-10(11)8(2)12(20)13(21)18-14-16-7-17-19-14/h4-7H,3H2,1-2H3,(H2,16,17,18,19,21). The normalized spacial score (nSPS) is 11.0. The van der Waals surface area contributed by atoms with E-state index in [1.807, 2.05) is 36.6 Å². The van der Waals surface area contributed by atoms with E-state index < -0.39 is 0 Å². The van der Waals surface area contributed by atoms with E-state index in [1.54, 1.807) is 0 Å². The van der Waals surface area contributed by atoms with Gasteiger partial charge in [-0.1, -0.05) is 11.6 Å². The lowest BCUT2D eigenvalue weighted by molar-refractivity contribution is 0.101. The fraction of sp³-hybridized carbons (Fsp3) is 0.214. The van der Waals surface area contributed by atoms with Crippen LogP contribution < -0.4 is 5.32 Å². The van der Waals surface area contributed by atoms with E-state index in [0.29, 0.717) is 23.2 Å². The Bertz CT molecular complexity index is 806. The van der Waals surface area contributed by atoms with Crippen molar-refractivity contribution in [2.24, 2.45) is 0 Å². The molecule has 6 nitrogen and oxygen atoms in total. The summed E-state index contributed by atoms with van der Waals surface area (Å²) in [6.07, 6.45) is 1.34. The van der Waals surface area contributed by atoms with Gasteiger partial charge in [0.1, 0.15) is 12.0 Å². The molecule has 0 aliphatic rings. The van der Waals surface area contributed by atoms with Gasteiger partial charge in [-0.15, -0.1) is 0 Å². The summed E-state index contributed by atoms with van der Waals surface area (Å²) in [5, 5.41) is 10.7. The van der Waals surface area contributed by atoms with Crippen molar-refractivity contribution in [3.05, 3.63) is 40.8 Å². The predicted octanol–water partition coefficient (Wildman–Crippen LogP) is 2.99. The zero-order valence-corrected chi connectivity index (χ0v) is 12.4. The summed E-state index contributed by atoms with van der Waals surface area (Å²) in [6, 6.07) is 5.64. The maximum Gasteiger partial charge on any atom is 0.274 e. The van der Waals surface area contributed by atoms with Crippen molar-refractivity contribution in [2.45, 2.75) is 20.4 Å². The second-order valence-electron chi connectivity index (χ2n) is 4.67. The molecule has 1 aromatic carbocycles. The first-order chi connectivity index (χ1) is 10.1. The molecule has 0 aliphatic heterocycles. The number of H-pyrrole nitrogens is 1. The van der Waals surface area contributed by atoms with Crippen molar-refractivity contribution in [1.29, 1.82) is 0 Å². The van der Waals surface area contributed by atoms with Gasteiger partial charge in [0.25, 0.3) is 5.91 Å². The average molecular weight is 304 g/mol. The van der Waals surface area contributed by atoms with Crippen LogP contribution in [0.5, 0.6) is 0 Å². The number of halogens is 1. The molecule has 3 aromatic rings. The summed E-state index contributed by atoms with van der Waals surface area (Å²) in [4.78, 5) is 16.4. The minimum atomic E-state index is -0.224. The molecule has 2 heterocycles. The third-order valence-electron chi connectivity index (χ3n) is 3.46. The highest BCUT2D eigenvalue weighted by Crippen LogP contribution is 2.28. The Morgan fingerprint density at radius 2 is 2.29 bits per heavy atom. The topological polar surface area (TPSA) is 75.6 Å². The molecule has 0 atom stereocenters. The van der Waals surface area contributed by atoms with Crippen LogP contribution in [0.4, 0.5) is 5.95 Å². The molecule has 0 radical (unpaired) electrons. The van der Waals surface area contributed by atoms with E-state index in [1.165, 1.54) is 6.33 Å². The van der Waals surface area contributed by atoms with Crippen LogP contribution in [0.3, 0.4) is 0 Å². The smallest absolute Gasteiger partial charge is 0.274 e. The minimum absolute atomic E-state index is 0.224. The fourth-order valence-electron chi connectivity index (χ4n) is 2.55. The monoisotopic (exact) mass is 303 g/mol. The van der Waals surface area contributed by atoms with Gasteiger partial charge in [-0.2, -0.15) is 10.1 Å². The molecule has 0 saturated carbocycles. The van der Waals surface area contributed by atoms with Crippen LogP contribution in [-0.2, 0) is 6.54 Å². The maximum atomic E-state index is 12.5. The molecular formula is C14H14ClN5O. The number of nitrogens with one attached hydrogen (secondary N) is 2. The number of aryl methyl sites for hydroxylation is 2. The van der Waals surface area contributed by atoms with E-state index in [-0.39, 0.29) is 5.91 Å². The number of aromatic nitrogens is 4. The van der Waals surface area contributed by atoms with Crippen molar-refractivity contribution >= 4 is 34.4 Å². The molecule has 21 heavy (non-hydrogen) atoms. The number of fused-ring (bicyclic) bond motifs is 1. The van der Waals surface area contributed by atoms with Gasteiger partial charge in [-0.25, -0.2) is 5.10 Å². The van der Waals surface area contributed by atoms with Crippen molar-refractivity contribution in [2.75, 3.05) is 5.32 Å². The Hall–Kier alpha value is -2.34. The largest absolute Gasteiger partial charge is 0.337 e. The van der Waals surface area contributed by atoms with Gasteiger partial charge in [0.2, 0.25) is 5.95 Å². The summed E-state index contributed by atoms with van der Waals surface area (Å²) < 4.78 is 1.96. The summed E-state index contributed by atoms with van der Waals surface area (Å²) in [6.45, 7) is 4.60. The molecule has 0 fully saturated rings. The molecule has 0 bridgehead atoms. The number of nitrogens with zero attached hydrogens (tertiary/aromatic N) is 3. The van der Waals surface area contributed by atoms with Gasteiger partial charge in [0, 0.05) is 22.5 Å². The van der Waals surface area contributed by atoms with Gasteiger partial charge in [0.15, 0.2) is 0 Å². The number of carbonyl (C=O) groups is 1. The van der Waals surface area contributed by atoms with Crippen LogP contribution >= 0.6 is 11.6 Å². The third kappa shape index (κ3) is 2.27. The van der Waals surface area contributed by atoms with Crippen molar-refractivity contribution < 1.29 is 4.79 Å². The fourth-order valence-corrected chi connectivity index (χ4v) is 2.72. The highest BCUT2D eigenvalue weighted by Gasteiger charge is 2.20. The van der Waals surface area contributed by atoms with E-state index in [2.05, 4.69) is 20.5 Å². The lowest BCUT2D eigenvalue weighted by Gasteiger charge is -2.08. The molecule has 7 heteroatoms. The van der Waals surface area contributed by atoms with E-state index in [4.69, 9.17) is 11.6 Å². The molecule has 108 valence electrons. The Morgan fingerprint density at radius 3 is 2.95 bits per heavy atom. The Kier molecular flexibility index (Phi) is 3.39. The summed E-state index contributed by atoms with van der Waals surface area (Å²) >= 11 is 6.06. The quantitative estimate of drug-likeness (QED) is 0.781. The number of hydrogen-bond acceptors (Lipinski definition) is 3. The second kappa shape index (κ2) is 5.21. The molecule has 2 aromatic heterocycles. The van der Waals surface area contributed by atoms with Gasteiger partial charge in [-0.3, -0.25) is 10.1 Å². The maximum absolute atomic E-state index is 12.5. The van der Waals surface area contributed by atoms with Crippen LogP contribution in [0, 0.1) is 6.92 Å². The molecule has 0 unspecified atom stereocenters. The first-order valence-electron chi connectivity index (χ1n) is 6.57. The molecule has 2 N–H and O–H groups in total. The lowest BCUT2D eigenvalue weighted by Crippen LogP contribution is -2.18. The van der Waals surface area contributed by atoms with E-state index >= 15 is 0 Å². The van der Waals surface area contributed by atoms with Crippen LogP contribution in [0.1, 0.15) is 23.0 Å². The van der Waals surface area contributed by atoms with Crippen molar-refractivity contribution in [3.63, 3.8) is 0 Å². The number of aromatic amines is 1. The molecular weight excluding hydrogens is 290 g/mol. The average Bonchev–Trinajstić information content (AvgIpc) is 3.05. The van der Waals surface area contributed by atoms with E-state index in [0.717, 1.165) is 16.5 Å². The van der Waals surface area contributed by atoms with Gasteiger partial charge >= 0.3 is 0 Å². The van der Waals surface area contributed by atoms with Gasteiger partial charge in [-0.05, 0) is 37.6 Å². The first kappa shape index (κ1) is 13.6. The molecule has 0 aliphatic carbocycles. The molecule has 1 amide bonds. The van der Waals surface area contributed by atoms with Crippen LogP contribution in [-0.4, -0.2) is 25.7 Å². The lowest BCUT2D eigenvalue weighted by atomic mass is 10.1. The first-order valence-corrected chi connectivity index (χ1v) is 6.94. The van der Waals surface area contributed by atoms with Gasteiger partial charge < -0.3 is 4.57 Å². The second-order valence-corrected chi connectivity index (χ2v) is 5.10. The number of benzene rings is 1. The number of hydrogen-bond donors (Lipinski definition) is 2. The van der Waals surface area contributed by atoms with Crippen LogP contribution in [0.25, 0.3) is 10.9 Å². The molecule has 0 saturated heterocycles. The van der Waals surface area contributed by atoms with Crippen LogP contribution in [0.2, 0.25) is 5.02 Å². The number of anilines is 1. The Morgan fingerprint density at radius 1 is 1.48 bits per heavy atom. The van der Waals surface area contributed by atoms with Crippen molar-refractivity contribution in [3.8, 4) is 0 Å². The molecule has 0 spiro atoms. The predicted molar refractivity (Wildman–Crippen MR) is 81.7 cm³/mol. The third-order valence-corrected chi connectivity index (χ3v) is 3.69. The van der Waals surface area contributed by atoms with Crippen molar-refractivity contribution in [1.82, 2.24) is 19.7 Å². The number of amides is 1. The zero-order valence-electron chi connectivity index (χ0n) is 11.6.